The highest BCUT2D eigenvalue weighted by molar-refractivity contribution is 7.99. The maximum absolute atomic E-state index is 14.7. The number of pyridine rings is 1. The van der Waals surface area contributed by atoms with Crippen LogP contribution in [0.15, 0.2) is 83.1 Å². The molecular weight excluding hydrogens is 894 g/mol. The third-order valence-corrected chi connectivity index (χ3v) is 17.5. The Labute approximate surface area is 394 Å². The van der Waals surface area contributed by atoms with Crippen molar-refractivity contribution in [3.63, 3.8) is 0 Å². The normalized spacial score (nSPS) is 24.4. The fraction of sp³-hybridized carbons (Fsp3) is 0.480. The lowest BCUT2D eigenvalue weighted by atomic mass is 9.59. The lowest BCUT2D eigenvalue weighted by Gasteiger charge is -2.57. The van der Waals surface area contributed by atoms with E-state index in [1.54, 1.807) is 12.1 Å². The van der Waals surface area contributed by atoms with Crippen molar-refractivity contribution in [2.45, 2.75) is 107 Å². The number of nitrogens with one attached hydrogen (secondary N) is 3. The van der Waals surface area contributed by atoms with E-state index in [-0.39, 0.29) is 68.5 Å². The standard InChI is InChI=1S/C50H58FN7O7S2/c1-30(2)36-6-4-5-7-37(36)43-29-66-19-18-58(43)33-24-50(25-33)14-16-57(17-15-50)32-8-9-38(44(20-32)65-34-21-39-40(51)27-53-47(39)52-26-34)48(59)56-67(62,63)35-22-41(55-61)46-45(23-35)64-28-42(54-46)31-10-12-49(3,60)13-11-31/h4-9,20-23,26-27,30-31,33,42-43,54,60H,10-19,24-25,28-29H2,1-3H3,(H,52,53)(H,56,59)/t31?,42-,43-,49?/m1/s1. The van der Waals surface area contributed by atoms with Crippen LogP contribution in [0.4, 0.5) is 21.5 Å². The average molecular weight is 952 g/mol. The summed E-state index contributed by atoms with van der Waals surface area (Å²) in [6.07, 6.45) is 9.79. The highest BCUT2D eigenvalue weighted by Crippen LogP contribution is 2.54. The first-order valence-corrected chi connectivity index (χ1v) is 26.1. The van der Waals surface area contributed by atoms with Crippen LogP contribution < -0.4 is 24.4 Å². The number of sulfonamides is 1. The van der Waals surface area contributed by atoms with Gasteiger partial charge in [0.25, 0.3) is 15.9 Å². The molecule has 5 heterocycles. The molecule has 2 saturated heterocycles. The smallest absolute Gasteiger partial charge is 0.268 e. The minimum absolute atomic E-state index is 0.0606. The molecule has 2 aromatic heterocycles. The van der Waals surface area contributed by atoms with E-state index in [1.807, 2.05) is 6.92 Å². The van der Waals surface area contributed by atoms with Gasteiger partial charge in [-0.2, -0.15) is 11.8 Å². The zero-order valence-electron chi connectivity index (χ0n) is 38.1. The number of hydrogen-bond acceptors (Lipinski definition) is 13. The van der Waals surface area contributed by atoms with Crippen molar-refractivity contribution in [3.8, 4) is 17.2 Å². The molecule has 2 saturated carbocycles. The van der Waals surface area contributed by atoms with Gasteiger partial charge in [-0.3, -0.25) is 9.69 Å². The van der Waals surface area contributed by atoms with Gasteiger partial charge in [0.05, 0.1) is 33.7 Å². The molecule has 0 bridgehead atoms. The number of thioether (sulfide) groups is 1. The molecule has 17 heteroatoms. The van der Waals surface area contributed by atoms with Crippen LogP contribution in [0.5, 0.6) is 17.2 Å². The van der Waals surface area contributed by atoms with Gasteiger partial charge in [-0.15, -0.1) is 4.91 Å². The summed E-state index contributed by atoms with van der Waals surface area (Å²) in [5.74, 6) is 1.76. The molecule has 0 radical (unpaired) electrons. The Morgan fingerprint density at radius 1 is 1.06 bits per heavy atom. The van der Waals surface area contributed by atoms with Crippen LogP contribution in [0.2, 0.25) is 0 Å². The van der Waals surface area contributed by atoms with E-state index < -0.39 is 27.3 Å². The Morgan fingerprint density at radius 3 is 2.60 bits per heavy atom. The van der Waals surface area contributed by atoms with E-state index in [0.717, 1.165) is 68.6 Å². The third-order valence-electron chi connectivity index (χ3n) is 15.2. The number of hydrogen-bond donors (Lipinski definition) is 4. The quantitative estimate of drug-likeness (QED) is 0.0923. The monoisotopic (exact) mass is 951 g/mol. The van der Waals surface area contributed by atoms with Crippen molar-refractivity contribution < 1.29 is 32.2 Å². The van der Waals surface area contributed by atoms with E-state index >= 15 is 0 Å². The van der Waals surface area contributed by atoms with Gasteiger partial charge in [-0.25, -0.2) is 22.5 Å². The molecule has 1 amide bonds. The van der Waals surface area contributed by atoms with E-state index in [1.165, 1.54) is 54.6 Å². The molecule has 67 heavy (non-hydrogen) atoms. The number of ether oxygens (including phenoxy) is 2. The van der Waals surface area contributed by atoms with Crippen LogP contribution >= 0.6 is 11.8 Å². The number of nitroso groups, excluding NO2 is 1. The fourth-order valence-corrected chi connectivity index (χ4v) is 13.3. The Hall–Kier alpha value is -5.23. The summed E-state index contributed by atoms with van der Waals surface area (Å²) in [4.78, 5) is 38.0. The number of fused-ring (bicyclic) bond motifs is 2. The van der Waals surface area contributed by atoms with Crippen molar-refractivity contribution in [2.24, 2.45) is 16.5 Å². The van der Waals surface area contributed by atoms with E-state index in [9.17, 15) is 27.6 Å². The van der Waals surface area contributed by atoms with E-state index in [0.29, 0.717) is 36.5 Å². The fourth-order valence-electron chi connectivity index (χ4n) is 11.2. The number of aromatic amines is 1. The highest BCUT2D eigenvalue weighted by Gasteiger charge is 2.50. The van der Waals surface area contributed by atoms with Gasteiger partial charge in [-0.05, 0) is 116 Å². The molecule has 5 aliphatic rings. The number of nitrogens with zero attached hydrogens (tertiary/aromatic N) is 4. The number of halogens is 1. The summed E-state index contributed by atoms with van der Waals surface area (Å²) in [6.45, 7) is 9.31. The number of rotatable bonds is 11. The molecule has 5 aromatic rings. The number of aliphatic hydroxyl groups is 1. The molecule has 354 valence electrons. The van der Waals surface area contributed by atoms with Crippen molar-refractivity contribution >= 4 is 55.8 Å². The van der Waals surface area contributed by atoms with Crippen molar-refractivity contribution in [1.29, 1.82) is 0 Å². The number of amides is 1. The molecule has 14 nitrogen and oxygen atoms in total. The number of H-pyrrole nitrogens is 1. The molecule has 0 unspecified atom stereocenters. The number of carbonyl (C=O) groups is 1. The first kappa shape index (κ1) is 45.5. The number of anilines is 2. The maximum atomic E-state index is 14.7. The van der Waals surface area contributed by atoms with Gasteiger partial charge in [0.2, 0.25) is 0 Å². The maximum Gasteiger partial charge on any atom is 0.268 e. The second-order valence-electron chi connectivity index (χ2n) is 19.9. The van der Waals surface area contributed by atoms with Crippen molar-refractivity contribution in [3.05, 3.63) is 100 Å². The third kappa shape index (κ3) is 9.11. The molecule has 3 aromatic carbocycles. The largest absolute Gasteiger partial charge is 0.489 e. The zero-order chi connectivity index (χ0) is 46.7. The predicted molar refractivity (Wildman–Crippen MR) is 259 cm³/mol. The van der Waals surface area contributed by atoms with E-state index in [4.69, 9.17) is 9.47 Å². The summed E-state index contributed by atoms with van der Waals surface area (Å²) in [6, 6.07) is 18.7. The highest BCUT2D eigenvalue weighted by atomic mass is 32.2. The van der Waals surface area contributed by atoms with Crippen LogP contribution in [-0.4, -0.2) is 89.7 Å². The Balaban J connectivity index is 0.856. The first-order valence-electron chi connectivity index (χ1n) is 23.5. The summed E-state index contributed by atoms with van der Waals surface area (Å²) in [7, 11) is -4.59. The van der Waals surface area contributed by atoms with E-state index in [2.05, 4.69) is 84.9 Å². The summed E-state index contributed by atoms with van der Waals surface area (Å²) >= 11 is 2.05. The van der Waals surface area contributed by atoms with Crippen molar-refractivity contribution in [2.75, 3.05) is 48.0 Å². The lowest BCUT2D eigenvalue weighted by Crippen LogP contribution is -2.57. The Kier molecular flexibility index (Phi) is 12.2. The summed E-state index contributed by atoms with van der Waals surface area (Å²) in [5.41, 5.74) is 3.62. The van der Waals surface area contributed by atoms with Crippen molar-refractivity contribution in [1.82, 2.24) is 19.6 Å². The molecule has 2 aliphatic carbocycles. The van der Waals surface area contributed by atoms with Gasteiger partial charge in [-0.1, -0.05) is 38.1 Å². The molecule has 10 rings (SSSR count). The second kappa shape index (κ2) is 18.0. The SMILES string of the molecule is CC(C)c1ccccc1[C@H]1CSCCN1C1CC2(CCN(c3ccc(C(=O)NS(=O)(=O)c4cc(N=O)c5c(c4)OC[C@H](C4CCC(C)(O)CC4)N5)c(Oc4cnc5[nH]cc(F)c5c4)c3)CC2)C1. The minimum atomic E-state index is -4.59. The van der Waals surface area contributed by atoms with Gasteiger partial charge in [0.15, 0.2) is 0 Å². The number of carbonyl (C=O) groups excluding carboxylic acids is 1. The predicted octanol–water partition coefficient (Wildman–Crippen LogP) is 9.79. The van der Waals surface area contributed by atoms with Gasteiger partial charge < -0.3 is 29.8 Å². The summed E-state index contributed by atoms with van der Waals surface area (Å²) < 4.78 is 57.0. The van der Waals surface area contributed by atoms with Crippen LogP contribution in [0.1, 0.15) is 106 Å². The van der Waals surface area contributed by atoms with Crippen LogP contribution in [0.25, 0.3) is 11.0 Å². The molecule has 3 aliphatic heterocycles. The average Bonchev–Trinajstić information content (AvgIpc) is 3.69. The molecule has 4 fully saturated rings. The first-order chi connectivity index (χ1) is 32.2. The van der Waals surface area contributed by atoms with Crippen LogP contribution in [0.3, 0.4) is 0 Å². The van der Waals surface area contributed by atoms with Gasteiger partial charge in [0.1, 0.15) is 46.7 Å². The topological polar surface area (TPSA) is 179 Å². The van der Waals surface area contributed by atoms with Crippen LogP contribution in [-0.2, 0) is 10.0 Å². The number of aromatic nitrogens is 2. The number of piperidine rings is 1. The van der Waals surface area contributed by atoms with Crippen LogP contribution in [0, 0.1) is 22.1 Å². The molecular formula is C50H58FN7O7S2. The minimum Gasteiger partial charge on any atom is -0.489 e. The second-order valence-corrected chi connectivity index (χ2v) is 22.7. The molecule has 4 N–H and O–H groups in total. The number of benzene rings is 3. The Morgan fingerprint density at radius 2 is 1.84 bits per heavy atom. The summed E-state index contributed by atoms with van der Waals surface area (Å²) in [5, 5.41) is 17.1. The zero-order valence-corrected chi connectivity index (χ0v) is 39.7. The Bertz CT molecular complexity index is 2790. The van der Waals surface area contributed by atoms with Gasteiger partial charge in [0, 0.05) is 67.2 Å². The lowest BCUT2D eigenvalue weighted by molar-refractivity contribution is -0.0311. The van der Waals surface area contributed by atoms with Gasteiger partial charge >= 0.3 is 0 Å². The molecule has 2 atom stereocenters. The molecule has 1 spiro atoms.